The number of fused-ring (bicyclic) bond motifs is 4. The molecule has 0 aromatic heterocycles. The molecule has 9 rings (SSSR count). The SMILES string of the molecule is c1cc(-c2ccc3ccccc3c2)cc(-c2ccc(-c3cccc(-c4ccc5ccccc5c4)c3)c3cc4ccccc4cc23)c1. The Morgan fingerprint density at radius 1 is 0.196 bits per heavy atom. The highest BCUT2D eigenvalue weighted by atomic mass is 14.2. The molecule has 0 heterocycles. The van der Waals surface area contributed by atoms with Crippen molar-refractivity contribution in [1.82, 2.24) is 0 Å². The quantitative estimate of drug-likeness (QED) is 0.181. The minimum absolute atomic E-state index is 1.22. The van der Waals surface area contributed by atoms with Crippen molar-refractivity contribution in [2.75, 3.05) is 0 Å². The lowest BCUT2D eigenvalue weighted by Gasteiger charge is -2.15. The van der Waals surface area contributed by atoms with Crippen LogP contribution in [-0.4, -0.2) is 0 Å². The molecule has 0 aliphatic carbocycles. The van der Waals surface area contributed by atoms with Crippen LogP contribution in [0.25, 0.3) is 87.6 Å². The molecule has 0 N–H and O–H groups in total. The summed E-state index contributed by atoms with van der Waals surface area (Å²) in [6.07, 6.45) is 0. The van der Waals surface area contributed by atoms with Crippen LogP contribution in [0.2, 0.25) is 0 Å². The Morgan fingerprint density at radius 3 is 0.978 bits per heavy atom. The fourth-order valence-electron chi connectivity index (χ4n) is 7.01. The van der Waals surface area contributed by atoms with E-state index in [0.717, 1.165) is 0 Å². The molecule has 0 spiro atoms. The molecule has 0 bridgehead atoms. The van der Waals surface area contributed by atoms with E-state index in [1.165, 1.54) is 87.6 Å². The summed E-state index contributed by atoms with van der Waals surface area (Å²) in [6, 6.07) is 66.7. The molecule has 0 atom stereocenters. The minimum atomic E-state index is 1.22. The molecule has 0 nitrogen and oxygen atoms in total. The van der Waals surface area contributed by atoms with Crippen LogP contribution >= 0.6 is 0 Å². The standard InChI is InChI=1S/C46H30/c1-3-11-33-25-39(21-19-31(33)9-1)35-15-7-17-41(27-35)43-23-24-44(46-30-38-14-6-5-13-37(38)29-45(43)46)42-18-8-16-36(28-42)40-22-20-32-10-2-4-12-34(32)26-40/h1-30H. The zero-order valence-electron chi connectivity index (χ0n) is 25.3. The van der Waals surface area contributed by atoms with Gasteiger partial charge in [0.2, 0.25) is 0 Å². The van der Waals surface area contributed by atoms with Crippen molar-refractivity contribution in [3.05, 3.63) is 182 Å². The van der Waals surface area contributed by atoms with Crippen LogP contribution in [0.4, 0.5) is 0 Å². The molecule has 0 heteroatoms. The highest BCUT2D eigenvalue weighted by Crippen LogP contribution is 2.40. The summed E-state index contributed by atoms with van der Waals surface area (Å²) in [7, 11) is 0. The first-order chi connectivity index (χ1) is 22.8. The fraction of sp³-hybridized carbons (Fsp3) is 0. The largest absolute Gasteiger partial charge is 0.0616 e. The van der Waals surface area contributed by atoms with Crippen LogP contribution in [-0.2, 0) is 0 Å². The van der Waals surface area contributed by atoms with E-state index < -0.39 is 0 Å². The third-order valence-corrected chi connectivity index (χ3v) is 9.40. The van der Waals surface area contributed by atoms with Gasteiger partial charge in [0.1, 0.15) is 0 Å². The Bertz CT molecular complexity index is 2410. The summed E-state index contributed by atoms with van der Waals surface area (Å²) in [5.74, 6) is 0. The highest BCUT2D eigenvalue weighted by Gasteiger charge is 2.13. The number of hydrogen-bond donors (Lipinski definition) is 0. The molecule has 9 aromatic carbocycles. The van der Waals surface area contributed by atoms with Crippen molar-refractivity contribution in [1.29, 1.82) is 0 Å². The van der Waals surface area contributed by atoms with Crippen molar-refractivity contribution in [2.45, 2.75) is 0 Å². The van der Waals surface area contributed by atoms with Crippen LogP contribution in [0.1, 0.15) is 0 Å². The Labute approximate surface area is 268 Å². The van der Waals surface area contributed by atoms with Gasteiger partial charge in [-0.2, -0.15) is 0 Å². The normalized spacial score (nSPS) is 11.5. The zero-order valence-corrected chi connectivity index (χ0v) is 25.3. The monoisotopic (exact) mass is 582 g/mol. The second kappa shape index (κ2) is 10.9. The Balaban J connectivity index is 1.20. The van der Waals surface area contributed by atoms with Crippen molar-refractivity contribution < 1.29 is 0 Å². The van der Waals surface area contributed by atoms with Crippen molar-refractivity contribution in [3.8, 4) is 44.5 Å². The van der Waals surface area contributed by atoms with Gasteiger partial charge in [0.05, 0.1) is 0 Å². The third kappa shape index (κ3) is 4.64. The Hall–Kier alpha value is -5.98. The summed E-state index contributed by atoms with van der Waals surface area (Å²) in [5, 5.41) is 10.1. The Morgan fingerprint density at radius 2 is 0.543 bits per heavy atom. The van der Waals surface area contributed by atoms with Gasteiger partial charge in [-0.25, -0.2) is 0 Å². The first-order valence-electron chi connectivity index (χ1n) is 15.9. The van der Waals surface area contributed by atoms with E-state index in [9.17, 15) is 0 Å². The summed E-state index contributed by atoms with van der Waals surface area (Å²) in [5.41, 5.74) is 9.86. The molecule has 214 valence electrons. The molecule has 0 amide bonds. The summed E-state index contributed by atoms with van der Waals surface area (Å²) >= 11 is 0. The lowest BCUT2D eigenvalue weighted by Crippen LogP contribution is -1.89. The van der Waals surface area contributed by atoms with E-state index in [1.807, 2.05) is 0 Å². The van der Waals surface area contributed by atoms with E-state index in [1.54, 1.807) is 0 Å². The molecule has 0 radical (unpaired) electrons. The average Bonchev–Trinajstić information content (AvgIpc) is 3.13. The molecule has 0 fully saturated rings. The molecule has 0 aliphatic heterocycles. The smallest absolute Gasteiger partial charge is 0.00928 e. The predicted octanol–water partition coefficient (Wildman–Crippen LogP) is 13.0. The number of rotatable bonds is 4. The lowest BCUT2D eigenvalue weighted by molar-refractivity contribution is 1.60. The van der Waals surface area contributed by atoms with E-state index in [2.05, 4.69) is 182 Å². The first kappa shape index (κ1) is 26.4. The maximum absolute atomic E-state index is 2.37. The van der Waals surface area contributed by atoms with Crippen LogP contribution < -0.4 is 0 Å². The maximum Gasteiger partial charge on any atom is -0.00928 e. The molecule has 0 aliphatic rings. The van der Waals surface area contributed by atoms with Gasteiger partial charge in [0, 0.05) is 0 Å². The summed E-state index contributed by atoms with van der Waals surface area (Å²) in [6.45, 7) is 0. The van der Waals surface area contributed by atoms with Gasteiger partial charge >= 0.3 is 0 Å². The van der Waals surface area contributed by atoms with Crippen molar-refractivity contribution >= 4 is 43.1 Å². The molecule has 9 aromatic rings. The van der Waals surface area contributed by atoms with Crippen molar-refractivity contribution in [2.24, 2.45) is 0 Å². The van der Waals surface area contributed by atoms with Gasteiger partial charge in [0.15, 0.2) is 0 Å². The molecule has 0 saturated carbocycles. The zero-order chi connectivity index (χ0) is 30.5. The van der Waals surface area contributed by atoms with Gasteiger partial charge in [-0.3, -0.25) is 0 Å². The lowest BCUT2D eigenvalue weighted by atomic mass is 9.88. The van der Waals surface area contributed by atoms with E-state index in [4.69, 9.17) is 0 Å². The van der Waals surface area contributed by atoms with Crippen LogP contribution in [0.3, 0.4) is 0 Å². The highest BCUT2D eigenvalue weighted by molar-refractivity contribution is 6.11. The van der Waals surface area contributed by atoms with Crippen LogP contribution in [0, 0.1) is 0 Å². The van der Waals surface area contributed by atoms with Crippen molar-refractivity contribution in [3.63, 3.8) is 0 Å². The maximum atomic E-state index is 2.37. The summed E-state index contributed by atoms with van der Waals surface area (Å²) < 4.78 is 0. The summed E-state index contributed by atoms with van der Waals surface area (Å²) in [4.78, 5) is 0. The number of hydrogen-bond acceptors (Lipinski definition) is 0. The van der Waals surface area contributed by atoms with E-state index >= 15 is 0 Å². The third-order valence-electron chi connectivity index (χ3n) is 9.40. The second-order valence-electron chi connectivity index (χ2n) is 12.2. The van der Waals surface area contributed by atoms with Gasteiger partial charge in [0.25, 0.3) is 0 Å². The molecule has 0 unspecified atom stereocenters. The van der Waals surface area contributed by atoms with Gasteiger partial charge in [-0.15, -0.1) is 0 Å². The van der Waals surface area contributed by atoms with E-state index in [0.29, 0.717) is 0 Å². The predicted molar refractivity (Wildman–Crippen MR) is 198 cm³/mol. The Kier molecular flexibility index (Phi) is 6.25. The number of benzene rings is 9. The first-order valence-corrected chi connectivity index (χ1v) is 15.9. The van der Waals surface area contributed by atoms with Crippen LogP contribution in [0.5, 0.6) is 0 Å². The van der Waals surface area contributed by atoms with Gasteiger partial charge in [-0.05, 0) is 124 Å². The molecule has 46 heavy (non-hydrogen) atoms. The molecular weight excluding hydrogens is 553 g/mol. The minimum Gasteiger partial charge on any atom is -0.0616 e. The molecular formula is C46H30. The molecule has 0 saturated heterocycles. The van der Waals surface area contributed by atoms with E-state index in [-0.39, 0.29) is 0 Å². The average molecular weight is 583 g/mol. The topological polar surface area (TPSA) is 0 Å². The van der Waals surface area contributed by atoms with Gasteiger partial charge < -0.3 is 0 Å². The van der Waals surface area contributed by atoms with Crippen LogP contribution in [0.15, 0.2) is 182 Å². The van der Waals surface area contributed by atoms with Gasteiger partial charge in [-0.1, -0.05) is 146 Å². The second-order valence-corrected chi connectivity index (χ2v) is 12.2. The fourth-order valence-corrected chi connectivity index (χ4v) is 7.01.